The van der Waals surface area contributed by atoms with Crippen LogP contribution in [0, 0.1) is 5.92 Å². The lowest BCUT2D eigenvalue weighted by Gasteiger charge is -2.09. The normalized spacial score (nSPS) is 11.3. The van der Waals surface area contributed by atoms with Gasteiger partial charge in [-0.05, 0) is 30.2 Å². The van der Waals surface area contributed by atoms with Crippen LogP contribution in [0.3, 0.4) is 0 Å². The van der Waals surface area contributed by atoms with Gasteiger partial charge in [-0.2, -0.15) is 0 Å². The van der Waals surface area contributed by atoms with Crippen LogP contribution in [0.4, 0.5) is 5.69 Å². The lowest BCUT2D eigenvalue weighted by molar-refractivity contribution is -0.121. The number of hydrogen-bond acceptors (Lipinski definition) is 4. The molecule has 23 heavy (non-hydrogen) atoms. The predicted molar refractivity (Wildman–Crippen MR) is 88.4 cm³/mol. The fourth-order valence-electron chi connectivity index (χ4n) is 1.83. The van der Waals surface area contributed by atoms with Gasteiger partial charge in [0, 0.05) is 32.1 Å². The summed E-state index contributed by atoms with van der Waals surface area (Å²) in [4.78, 5) is 22.5. The Labute approximate surface area is 136 Å². The molecule has 1 aromatic carbocycles. The van der Waals surface area contributed by atoms with Crippen molar-refractivity contribution in [2.75, 3.05) is 18.4 Å². The van der Waals surface area contributed by atoms with E-state index in [0.717, 1.165) is 0 Å². The van der Waals surface area contributed by atoms with E-state index in [9.17, 15) is 18.0 Å². The molecule has 0 radical (unpaired) electrons. The first-order valence-corrected chi connectivity index (χ1v) is 8.83. The number of carbonyl (C=O) groups excluding carboxylic acids is 2. The minimum absolute atomic E-state index is 0.0973. The van der Waals surface area contributed by atoms with Crippen molar-refractivity contribution in [3.8, 4) is 0 Å². The number of carbonyl (C=O) groups is 2. The van der Waals surface area contributed by atoms with E-state index in [0.29, 0.717) is 12.1 Å². The summed E-state index contributed by atoms with van der Waals surface area (Å²) in [5.74, 6) is -0.0662. The monoisotopic (exact) mass is 341 g/mol. The van der Waals surface area contributed by atoms with Crippen LogP contribution >= 0.6 is 0 Å². The Kier molecular flexibility index (Phi) is 7.18. The third-order valence-corrected chi connectivity index (χ3v) is 4.29. The molecule has 0 aliphatic rings. The van der Waals surface area contributed by atoms with E-state index in [1.54, 1.807) is 0 Å². The molecule has 0 saturated carbocycles. The number of anilines is 1. The molecule has 0 spiro atoms. The minimum atomic E-state index is -3.64. The van der Waals surface area contributed by atoms with Crippen LogP contribution < -0.4 is 15.4 Å². The van der Waals surface area contributed by atoms with E-state index < -0.39 is 10.0 Å². The van der Waals surface area contributed by atoms with Gasteiger partial charge in [0.05, 0.1) is 4.90 Å². The smallest absolute Gasteiger partial charge is 0.240 e. The average Bonchev–Trinajstić information content (AvgIpc) is 2.43. The van der Waals surface area contributed by atoms with Crippen LogP contribution in [-0.2, 0) is 19.6 Å². The second-order valence-electron chi connectivity index (χ2n) is 5.55. The molecule has 0 atom stereocenters. The average molecular weight is 341 g/mol. The molecule has 1 aromatic rings. The molecule has 3 N–H and O–H groups in total. The van der Waals surface area contributed by atoms with E-state index >= 15 is 0 Å². The van der Waals surface area contributed by atoms with Crippen molar-refractivity contribution in [1.29, 1.82) is 0 Å². The summed E-state index contributed by atoms with van der Waals surface area (Å²) in [6, 6.07) is 5.84. The Morgan fingerprint density at radius 2 is 1.70 bits per heavy atom. The maximum atomic E-state index is 12.1. The molecule has 0 fully saturated rings. The van der Waals surface area contributed by atoms with Crippen molar-refractivity contribution in [1.82, 2.24) is 10.0 Å². The zero-order valence-electron chi connectivity index (χ0n) is 13.5. The molecule has 1 rings (SSSR count). The fourth-order valence-corrected chi connectivity index (χ4v) is 2.87. The number of hydrogen-bond donors (Lipinski definition) is 3. The number of rotatable bonds is 8. The molecule has 128 valence electrons. The third kappa shape index (κ3) is 7.25. The van der Waals surface area contributed by atoms with E-state index in [1.165, 1.54) is 31.2 Å². The van der Waals surface area contributed by atoms with Gasteiger partial charge in [-0.25, -0.2) is 13.1 Å². The van der Waals surface area contributed by atoms with Gasteiger partial charge in [0.15, 0.2) is 0 Å². The van der Waals surface area contributed by atoms with Gasteiger partial charge >= 0.3 is 0 Å². The molecule has 0 aliphatic heterocycles. The van der Waals surface area contributed by atoms with Gasteiger partial charge in [-0.1, -0.05) is 13.8 Å². The lowest BCUT2D eigenvalue weighted by atomic mass is 10.1. The third-order valence-electron chi connectivity index (χ3n) is 2.82. The van der Waals surface area contributed by atoms with Crippen molar-refractivity contribution in [2.24, 2.45) is 5.92 Å². The number of sulfonamides is 1. The molecular formula is C15H23N3O4S. The molecule has 0 heterocycles. The number of benzene rings is 1. The number of nitrogens with one attached hydrogen (secondary N) is 3. The first-order chi connectivity index (χ1) is 10.7. The van der Waals surface area contributed by atoms with Crippen LogP contribution in [-0.4, -0.2) is 33.3 Å². The highest BCUT2D eigenvalue weighted by atomic mass is 32.2. The minimum Gasteiger partial charge on any atom is -0.355 e. The summed E-state index contributed by atoms with van der Waals surface area (Å²) in [5, 5.41) is 5.22. The summed E-state index contributed by atoms with van der Waals surface area (Å²) < 4.78 is 26.6. The molecule has 0 aliphatic carbocycles. The van der Waals surface area contributed by atoms with Gasteiger partial charge in [-0.3, -0.25) is 9.59 Å². The second kappa shape index (κ2) is 8.64. The van der Waals surface area contributed by atoms with Crippen LogP contribution in [0.2, 0.25) is 0 Å². The first kappa shape index (κ1) is 19.1. The van der Waals surface area contributed by atoms with E-state index in [-0.39, 0.29) is 35.7 Å². The highest BCUT2D eigenvalue weighted by Gasteiger charge is 2.13. The van der Waals surface area contributed by atoms with Crippen LogP contribution in [0.25, 0.3) is 0 Å². The van der Waals surface area contributed by atoms with Gasteiger partial charge in [0.1, 0.15) is 0 Å². The summed E-state index contributed by atoms with van der Waals surface area (Å²) in [7, 11) is -3.64. The largest absolute Gasteiger partial charge is 0.355 e. The van der Waals surface area contributed by atoms with Gasteiger partial charge in [0.25, 0.3) is 0 Å². The summed E-state index contributed by atoms with van der Waals surface area (Å²) >= 11 is 0. The van der Waals surface area contributed by atoms with Crippen LogP contribution in [0.1, 0.15) is 27.2 Å². The second-order valence-corrected chi connectivity index (χ2v) is 7.32. The molecule has 2 amide bonds. The topological polar surface area (TPSA) is 104 Å². The number of amides is 2. The SMILES string of the molecule is CC(=O)Nc1ccc(S(=O)(=O)NCCNC(=O)CC(C)C)cc1. The van der Waals surface area contributed by atoms with Crippen molar-refractivity contribution in [3.63, 3.8) is 0 Å². The maximum absolute atomic E-state index is 12.1. The quantitative estimate of drug-likeness (QED) is 0.616. The zero-order valence-corrected chi connectivity index (χ0v) is 14.4. The van der Waals surface area contributed by atoms with Crippen LogP contribution in [0.15, 0.2) is 29.2 Å². The van der Waals surface area contributed by atoms with E-state index in [2.05, 4.69) is 15.4 Å². The van der Waals surface area contributed by atoms with Gasteiger partial charge in [-0.15, -0.1) is 0 Å². The molecule has 0 saturated heterocycles. The fraction of sp³-hybridized carbons (Fsp3) is 0.467. The Bertz CT molecular complexity index is 639. The van der Waals surface area contributed by atoms with Crippen molar-refractivity contribution in [2.45, 2.75) is 32.1 Å². The van der Waals surface area contributed by atoms with Crippen molar-refractivity contribution in [3.05, 3.63) is 24.3 Å². The lowest BCUT2D eigenvalue weighted by Crippen LogP contribution is -2.35. The molecular weight excluding hydrogens is 318 g/mol. The molecule has 0 aromatic heterocycles. The highest BCUT2D eigenvalue weighted by Crippen LogP contribution is 2.13. The van der Waals surface area contributed by atoms with E-state index in [1.807, 2.05) is 13.8 Å². The summed E-state index contributed by atoms with van der Waals surface area (Å²) in [6.07, 6.45) is 0.414. The van der Waals surface area contributed by atoms with E-state index in [4.69, 9.17) is 0 Å². The zero-order chi connectivity index (χ0) is 17.5. The first-order valence-electron chi connectivity index (χ1n) is 7.34. The Morgan fingerprint density at radius 3 is 2.22 bits per heavy atom. The predicted octanol–water partition coefficient (Wildman–Crippen LogP) is 1.09. The van der Waals surface area contributed by atoms with Crippen LogP contribution in [0.5, 0.6) is 0 Å². The molecule has 0 unspecified atom stereocenters. The Morgan fingerprint density at radius 1 is 1.09 bits per heavy atom. The van der Waals surface area contributed by atoms with Gasteiger partial charge in [0.2, 0.25) is 21.8 Å². The standard InChI is InChI=1S/C15H23N3O4S/c1-11(2)10-15(20)16-8-9-17-23(21,22)14-6-4-13(5-7-14)18-12(3)19/h4-7,11,17H,8-10H2,1-3H3,(H,16,20)(H,18,19). The van der Waals surface area contributed by atoms with Crippen molar-refractivity contribution >= 4 is 27.5 Å². The molecule has 0 bridgehead atoms. The maximum Gasteiger partial charge on any atom is 0.240 e. The Hall–Kier alpha value is -1.93. The summed E-state index contributed by atoms with van der Waals surface area (Å²) in [6.45, 7) is 5.59. The summed E-state index contributed by atoms with van der Waals surface area (Å²) in [5.41, 5.74) is 0.525. The molecule has 7 nitrogen and oxygen atoms in total. The Balaban J connectivity index is 2.49. The van der Waals surface area contributed by atoms with Crippen molar-refractivity contribution < 1.29 is 18.0 Å². The van der Waals surface area contributed by atoms with Gasteiger partial charge < -0.3 is 10.6 Å². The molecule has 8 heteroatoms. The highest BCUT2D eigenvalue weighted by molar-refractivity contribution is 7.89.